The van der Waals surface area contributed by atoms with Crippen molar-refractivity contribution in [3.8, 4) is 0 Å². The van der Waals surface area contributed by atoms with Crippen LogP contribution < -0.4 is 0 Å². The van der Waals surface area contributed by atoms with Gasteiger partial charge in [0.1, 0.15) is 0 Å². The van der Waals surface area contributed by atoms with Crippen molar-refractivity contribution in [1.82, 2.24) is 0 Å². The summed E-state index contributed by atoms with van der Waals surface area (Å²) in [5.41, 5.74) is 0. The van der Waals surface area contributed by atoms with Crippen LogP contribution in [0.1, 0.15) is 19.8 Å². The molecule has 74 valence electrons. The molecule has 0 radical (unpaired) electrons. The molecule has 0 saturated carbocycles. The van der Waals surface area contributed by atoms with Gasteiger partial charge in [0.2, 0.25) is 6.10 Å². The third-order valence-corrected chi connectivity index (χ3v) is 1.20. The molecule has 0 saturated heterocycles. The lowest BCUT2D eigenvalue weighted by molar-refractivity contribution is -0.167. The monoisotopic (exact) mass is 190 g/mol. The van der Waals surface area contributed by atoms with Crippen LogP contribution in [-0.2, 0) is 19.1 Å². The fourth-order valence-corrected chi connectivity index (χ4v) is 0.580. The average molecular weight is 190 g/mol. The molecule has 0 rings (SSSR count). The molecular weight excluding hydrogens is 180 g/mol. The summed E-state index contributed by atoms with van der Waals surface area (Å²) in [6, 6.07) is 0. The molecule has 6 heteroatoms. The fourth-order valence-electron chi connectivity index (χ4n) is 0.580. The van der Waals surface area contributed by atoms with Crippen molar-refractivity contribution >= 4 is 17.9 Å². The van der Waals surface area contributed by atoms with Crippen LogP contribution in [0, 0.1) is 0 Å². The Hall–Kier alpha value is -1.59. The van der Waals surface area contributed by atoms with Crippen molar-refractivity contribution in [2.75, 3.05) is 0 Å². The van der Waals surface area contributed by atoms with Gasteiger partial charge in [0, 0.05) is 6.42 Å². The summed E-state index contributed by atoms with van der Waals surface area (Å²) in [5, 5.41) is 16.7. The van der Waals surface area contributed by atoms with E-state index in [0.717, 1.165) is 0 Å². The smallest absolute Gasteiger partial charge is 0.345 e. The number of rotatable bonds is 5. The Morgan fingerprint density at radius 2 is 1.85 bits per heavy atom. The number of hydrogen-bond acceptors (Lipinski definition) is 4. The van der Waals surface area contributed by atoms with Gasteiger partial charge in [0.25, 0.3) is 0 Å². The van der Waals surface area contributed by atoms with E-state index in [-0.39, 0.29) is 6.42 Å². The van der Waals surface area contributed by atoms with Crippen molar-refractivity contribution in [3.05, 3.63) is 0 Å². The van der Waals surface area contributed by atoms with Crippen molar-refractivity contribution in [1.29, 1.82) is 0 Å². The zero-order chi connectivity index (χ0) is 10.4. The summed E-state index contributed by atoms with van der Waals surface area (Å²) in [7, 11) is 0. The van der Waals surface area contributed by atoms with Crippen molar-refractivity contribution < 1.29 is 29.3 Å². The Bertz CT molecular complexity index is 221. The number of esters is 1. The lowest BCUT2D eigenvalue weighted by Crippen LogP contribution is -2.29. The highest BCUT2D eigenvalue weighted by molar-refractivity contribution is 5.82. The third-order valence-electron chi connectivity index (χ3n) is 1.20. The van der Waals surface area contributed by atoms with E-state index >= 15 is 0 Å². The Kier molecular flexibility index (Phi) is 4.50. The molecule has 0 amide bonds. The molecule has 6 nitrogen and oxygen atoms in total. The normalized spacial score (nSPS) is 11.8. The number of carboxylic acid groups (broad SMARTS) is 2. The molecule has 0 aliphatic heterocycles. The maximum Gasteiger partial charge on any atom is 0.345 e. The number of carbonyl (C=O) groups is 3. The summed E-state index contributed by atoms with van der Waals surface area (Å²) in [4.78, 5) is 31.1. The summed E-state index contributed by atoms with van der Waals surface area (Å²) >= 11 is 0. The quantitative estimate of drug-likeness (QED) is 0.585. The zero-order valence-corrected chi connectivity index (χ0v) is 7.02. The maximum atomic E-state index is 10.6. The standard InChI is InChI=1S/C7H10O6/c1-2-6(10)13-4(7(11)12)3-5(8)9/h4H,2-3H2,1H3,(H,8,9)(H,11,12). The van der Waals surface area contributed by atoms with Crippen molar-refractivity contribution in [2.45, 2.75) is 25.9 Å². The molecule has 0 aromatic rings. The average Bonchev–Trinajstić information content (AvgIpc) is 2.02. The van der Waals surface area contributed by atoms with E-state index in [0.29, 0.717) is 0 Å². The Morgan fingerprint density at radius 1 is 1.31 bits per heavy atom. The van der Waals surface area contributed by atoms with Crippen LogP contribution in [0.3, 0.4) is 0 Å². The number of carboxylic acids is 2. The van der Waals surface area contributed by atoms with E-state index in [9.17, 15) is 14.4 Å². The first-order valence-electron chi connectivity index (χ1n) is 3.61. The molecule has 0 heterocycles. The predicted octanol–water partition coefficient (Wildman–Crippen LogP) is -0.132. The molecule has 13 heavy (non-hydrogen) atoms. The minimum absolute atomic E-state index is 0.0173. The minimum atomic E-state index is -1.59. The second-order valence-corrected chi connectivity index (χ2v) is 2.27. The van der Waals surface area contributed by atoms with Crippen LogP contribution in [-0.4, -0.2) is 34.2 Å². The highest BCUT2D eigenvalue weighted by atomic mass is 16.6. The van der Waals surface area contributed by atoms with E-state index < -0.39 is 30.4 Å². The van der Waals surface area contributed by atoms with Crippen molar-refractivity contribution in [3.63, 3.8) is 0 Å². The van der Waals surface area contributed by atoms with Crippen LogP contribution in [0.25, 0.3) is 0 Å². The van der Waals surface area contributed by atoms with E-state index in [1.54, 1.807) is 0 Å². The lowest BCUT2D eigenvalue weighted by atomic mass is 10.2. The van der Waals surface area contributed by atoms with Crippen molar-refractivity contribution in [2.24, 2.45) is 0 Å². The van der Waals surface area contributed by atoms with E-state index in [4.69, 9.17) is 10.2 Å². The van der Waals surface area contributed by atoms with Crippen LogP contribution in [0.2, 0.25) is 0 Å². The Balaban J connectivity index is 4.18. The first-order chi connectivity index (χ1) is 5.97. The number of carbonyl (C=O) groups excluding carboxylic acids is 1. The maximum absolute atomic E-state index is 10.6. The first-order valence-corrected chi connectivity index (χ1v) is 3.61. The zero-order valence-electron chi connectivity index (χ0n) is 7.02. The SMILES string of the molecule is CCC(=O)OC(CC(=O)O)C(=O)O. The van der Waals surface area contributed by atoms with E-state index in [2.05, 4.69) is 4.74 Å². The van der Waals surface area contributed by atoms with Gasteiger partial charge in [0.05, 0.1) is 6.42 Å². The summed E-state index contributed by atoms with van der Waals surface area (Å²) in [6.07, 6.45) is -2.30. The van der Waals surface area contributed by atoms with Crippen LogP contribution in [0.15, 0.2) is 0 Å². The molecule has 0 aliphatic carbocycles. The van der Waals surface area contributed by atoms with E-state index in [1.807, 2.05) is 0 Å². The Morgan fingerprint density at radius 3 is 2.15 bits per heavy atom. The highest BCUT2D eigenvalue weighted by Crippen LogP contribution is 2.01. The van der Waals surface area contributed by atoms with Gasteiger partial charge in [-0.1, -0.05) is 6.92 Å². The fraction of sp³-hybridized carbons (Fsp3) is 0.571. The number of ether oxygens (including phenoxy) is 1. The van der Waals surface area contributed by atoms with Crippen LogP contribution in [0.4, 0.5) is 0 Å². The molecular formula is C7H10O6. The second kappa shape index (κ2) is 5.13. The highest BCUT2D eigenvalue weighted by Gasteiger charge is 2.24. The summed E-state index contributed by atoms with van der Waals surface area (Å²) < 4.78 is 4.35. The van der Waals surface area contributed by atoms with Crippen LogP contribution in [0.5, 0.6) is 0 Å². The minimum Gasteiger partial charge on any atom is -0.481 e. The largest absolute Gasteiger partial charge is 0.481 e. The summed E-state index contributed by atoms with van der Waals surface area (Å²) in [5.74, 6) is -3.51. The molecule has 0 aromatic heterocycles. The lowest BCUT2D eigenvalue weighted by Gasteiger charge is -2.10. The van der Waals surface area contributed by atoms with Gasteiger partial charge in [-0.15, -0.1) is 0 Å². The van der Waals surface area contributed by atoms with Gasteiger partial charge in [-0.25, -0.2) is 4.79 Å². The number of hydrogen-bond donors (Lipinski definition) is 2. The Labute approximate surface area is 74.1 Å². The topological polar surface area (TPSA) is 101 Å². The van der Waals surface area contributed by atoms with Gasteiger partial charge >= 0.3 is 17.9 Å². The molecule has 0 aliphatic rings. The van der Waals surface area contributed by atoms with Gasteiger partial charge in [0.15, 0.2) is 0 Å². The van der Waals surface area contributed by atoms with Crippen LogP contribution >= 0.6 is 0 Å². The van der Waals surface area contributed by atoms with Gasteiger partial charge in [-0.2, -0.15) is 0 Å². The molecule has 2 N–H and O–H groups in total. The first kappa shape index (κ1) is 11.4. The molecule has 1 atom stereocenters. The second-order valence-electron chi connectivity index (χ2n) is 2.27. The molecule has 0 fully saturated rings. The van der Waals surface area contributed by atoms with Gasteiger partial charge < -0.3 is 14.9 Å². The van der Waals surface area contributed by atoms with Gasteiger partial charge in [-0.05, 0) is 0 Å². The molecule has 1 unspecified atom stereocenters. The van der Waals surface area contributed by atoms with E-state index in [1.165, 1.54) is 6.92 Å². The molecule has 0 aromatic carbocycles. The third kappa shape index (κ3) is 4.78. The predicted molar refractivity (Wildman–Crippen MR) is 40.1 cm³/mol. The molecule has 0 spiro atoms. The summed E-state index contributed by atoms with van der Waals surface area (Å²) in [6.45, 7) is 1.49. The molecule has 0 bridgehead atoms. The number of aliphatic carboxylic acids is 2. The van der Waals surface area contributed by atoms with Gasteiger partial charge in [-0.3, -0.25) is 9.59 Å².